The third-order valence-corrected chi connectivity index (χ3v) is 4.38. The van der Waals surface area contributed by atoms with E-state index in [2.05, 4.69) is 23.2 Å². The van der Waals surface area contributed by atoms with E-state index in [1.54, 1.807) is 0 Å². The van der Waals surface area contributed by atoms with Gasteiger partial charge in [0.1, 0.15) is 0 Å². The Hall–Kier alpha value is -0.590. The zero-order valence-electron chi connectivity index (χ0n) is 10.7. The highest BCUT2D eigenvalue weighted by atomic mass is 15.2. The highest BCUT2D eigenvalue weighted by molar-refractivity contribution is 4.98. The molecule has 0 radical (unpaired) electrons. The first-order valence-electron chi connectivity index (χ1n) is 6.39. The van der Waals surface area contributed by atoms with Crippen LogP contribution in [0.4, 0.5) is 0 Å². The van der Waals surface area contributed by atoms with Crippen molar-refractivity contribution in [3.05, 3.63) is 0 Å². The van der Waals surface area contributed by atoms with Gasteiger partial charge in [0.2, 0.25) is 0 Å². The molecule has 0 aromatic carbocycles. The molecule has 2 saturated heterocycles. The monoisotopic (exact) mass is 221 g/mol. The topological polar surface area (TPSA) is 39.1 Å². The van der Waals surface area contributed by atoms with Gasteiger partial charge in [-0.2, -0.15) is 5.26 Å². The van der Waals surface area contributed by atoms with E-state index in [9.17, 15) is 0 Å². The Morgan fingerprint density at radius 3 is 2.81 bits per heavy atom. The molecule has 0 saturated carbocycles. The van der Waals surface area contributed by atoms with Crippen molar-refractivity contribution >= 4 is 0 Å². The molecule has 2 aliphatic rings. The van der Waals surface area contributed by atoms with Crippen LogP contribution in [0.2, 0.25) is 0 Å². The van der Waals surface area contributed by atoms with Crippen LogP contribution in [-0.2, 0) is 0 Å². The van der Waals surface area contributed by atoms with Crippen molar-refractivity contribution in [2.24, 2.45) is 17.3 Å². The van der Waals surface area contributed by atoms with Crippen LogP contribution in [0.5, 0.6) is 0 Å². The Bertz CT molecular complexity index is 292. The third kappa shape index (κ3) is 2.23. The van der Waals surface area contributed by atoms with Crippen molar-refractivity contribution in [3.63, 3.8) is 0 Å². The van der Waals surface area contributed by atoms with Crippen molar-refractivity contribution in [2.45, 2.75) is 33.2 Å². The third-order valence-electron chi connectivity index (χ3n) is 4.38. The highest BCUT2D eigenvalue weighted by Gasteiger charge is 2.41. The number of likely N-dealkylation sites (tertiary alicyclic amines) is 1. The number of nitriles is 1. The maximum Gasteiger partial charge on any atom is 0.0684 e. The van der Waals surface area contributed by atoms with Gasteiger partial charge in [-0.15, -0.1) is 0 Å². The zero-order chi connectivity index (χ0) is 11.8. The normalized spacial score (nSPS) is 35.0. The highest BCUT2D eigenvalue weighted by Crippen LogP contribution is 2.33. The molecule has 2 rings (SSSR count). The number of rotatable bonds is 3. The second-order valence-electron chi connectivity index (χ2n) is 6.06. The van der Waals surface area contributed by atoms with E-state index in [0.717, 1.165) is 24.8 Å². The number of nitrogens with zero attached hydrogens (tertiary/aromatic N) is 2. The lowest BCUT2D eigenvalue weighted by Crippen LogP contribution is -2.35. The number of fused-ring (bicyclic) bond motifs is 1. The molecule has 3 unspecified atom stereocenters. The van der Waals surface area contributed by atoms with Gasteiger partial charge in [-0.25, -0.2) is 0 Å². The summed E-state index contributed by atoms with van der Waals surface area (Å²) in [5.74, 6) is 1.69. The van der Waals surface area contributed by atoms with Gasteiger partial charge in [0.05, 0.1) is 11.5 Å². The molecule has 2 aliphatic heterocycles. The molecular weight excluding hydrogens is 198 g/mol. The second kappa shape index (κ2) is 4.35. The lowest BCUT2D eigenvalue weighted by atomic mass is 9.91. The van der Waals surface area contributed by atoms with Gasteiger partial charge >= 0.3 is 0 Å². The summed E-state index contributed by atoms with van der Waals surface area (Å²) in [6.45, 7) is 11.1. The van der Waals surface area contributed by atoms with Crippen LogP contribution in [0.3, 0.4) is 0 Å². The van der Waals surface area contributed by atoms with Gasteiger partial charge in [0.25, 0.3) is 0 Å². The van der Waals surface area contributed by atoms with Crippen molar-refractivity contribution in [1.82, 2.24) is 10.2 Å². The molecule has 3 nitrogen and oxygen atoms in total. The number of hydrogen-bond acceptors (Lipinski definition) is 3. The van der Waals surface area contributed by atoms with Crippen LogP contribution < -0.4 is 5.32 Å². The molecule has 2 fully saturated rings. The molecule has 16 heavy (non-hydrogen) atoms. The predicted molar refractivity (Wildman–Crippen MR) is 64.9 cm³/mol. The van der Waals surface area contributed by atoms with Crippen LogP contribution in [0.1, 0.15) is 27.2 Å². The van der Waals surface area contributed by atoms with E-state index >= 15 is 0 Å². The standard InChI is InChI=1S/C13H23N3/c1-10-12-7-15-6-11(12)8-16(10)5-4-13(2,3)9-14/h10-12,15H,4-8H2,1-3H3. The summed E-state index contributed by atoms with van der Waals surface area (Å²) < 4.78 is 0. The first kappa shape index (κ1) is 11.9. The molecule has 2 heterocycles. The van der Waals surface area contributed by atoms with Gasteiger partial charge in [0, 0.05) is 12.6 Å². The van der Waals surface area contributed by atoms with Crippen molar-refractivity contribution in [1.29, 1.82) is 5.26 Å². The predicted octanol–water partition coefficient (Wildman–Crippen LogP) is 1.47. The summed E-state index contributed by atoms with van der Waals surface area (Å²) in [5, 5.41) is 12.5. The Kier molecular flexibility index (Phi) is 3.23. The summed E-state index contributed by atoms with van der Waals surface area (Å²) in [6, 6.07) is 3.08. The minimum atomic E-state index is -0.171. The van der Waals surface area contributed by atoms with E-state index in [4.69, 9.17) is 5.26 Å². The maximum atomic E-state index is 9.02. The minimum Gasteiger partial charge on any atom is -0.316 e. The molecular formula is C13H23N3. The van der Waals surface area contributed by atoms with Gasteiger partial charge in [-0.05, 0) is 58.7 Å². The van der Waals surface area contributed by atoms with Crippen LogP contribution in [0.25, 0.3) is 0 Å². The molecule has 3 heteroatoms. The lowest BCUT2D eigenvalue weighted by Gasteiger charge is -2.26. The first-order valence-corrected chi connectivity index (χ1v) is 6.39. The summed E-state index contributed by atoms with van der Waals surface area (Å²) in [6.07, 6.45) is 0.987. The van der Waals surface area contributed by atoms with Crippen molar-refractivity contribution < 1.29 is 0 Å². The minimum absolute atomic E-state index is 0.171. The fourth-order valence-corrected chi connectivity index (χ4v) is 3.03. The Morgan fingerprint density at radius 2 is 2.19 bits per heavy atom. The number of nitrogens with one attached hydrogen (secondary N) is 1. The Morgan fingerprint density at radius 1 is 1.44 bits per heavy atom. The smallest absolute Gasteiger partial charge is 0.0684 e. The van der Waals surface area contributed by atoms with Gasteiger partial charge in [0.15, 0.2) is 0 Å². The summed E-state index contributed by atoms with van der Waals surface area (Å²) in [7, 11) is 0. The van der Waals surface area contributed by atoms with Crippen molar-refractivity contribution in [2.75, 3.05) is 26.2 Å². The molecule has 90 valence electrons. The quantitative estimate of drug-likeness (QED) is 0.784. The molecule has 0 aliphatic carbocycles. The van der Waals surface area contributed by atoms with Gasteiger partial charge in [-0.1, -0.05) is 0 Å². The molecule has 0 amide bonds. The lowest BCUT2D eigenvalue weighted by molar-refractivity contribution is 0.215. The Balaban J connectivity index is 1.86. The largest absolute Gasteiger partial charge is 0.316 e. The van der Waals surface area contributed by atoms with E-state index in [1.165, 1.54) is 19.6 Å². The summed E-state index contributed by atoms with van der Waals surface area (Å²) >= 11 is 0. The summed E-state index contributed by atoms with van der Waals surface area (Å²) in [5.41, 5.74) is -0.171. The molecule has 0 spiro atoms. The molecule has 0 bridgehead atoms. The van der Waals surface area contributed by atoms with Gasteiger partial charge < -0.3 is 5.32 Å². The average molecular weight is 221 g/mol. The fourth-order valence-electron chi connectivity index (χ4n) is 3.03. The number of hydrogen-bond donors (Lipinski definition) is 1. The van der Waals surface area contributed by atoms with Crippen LogP contribution in [-0.4, -0.2) is 37.1 Å². The molecule has 3 atom stereocenters. The van der Waals surface area contributed by atoms with Crippen LogP contribution in [0, 0.1) is 28.6 Å². The maximum absolute atomic E-state index is 9.02. The van der Waals surface area contributed by atoms with E-state index in [-0.39, 0.29) is 5.41 Å². The van der Waals surface area contributed by atoms with E-state index in [0.29, 0.717) is 6.04 Å². The molecule has 1 N–H and O–H groups in total. The average Bonchev–Trinajstić information content (AvgIpc) is 2.80. The van der Waals surface area contributed by atoms with E-state index < -0.39 is 0 Å². The van der Waals surface area contributed by atoms with Gasteiger partial charge in [-0.3, -0.25) is 4.90 Å². The second-order valence-corrected chi connectivity index (χ2v) is 6.06. The van der Waals surface area contributed by atoms with Crippen molar-refractivity contribution in [3.8, 4) is 6.07 Å². The molecule has 0 aromatic heterocycles. The van der Waals surface area contributed by atoms with Crippen LogP contribution in [0.15, 0.2) is 0 Å². The van der Waals surface area contributed by atoms with E-state index in [1.807, 2.05) is 13.8 Å². The Labute approximate surface area is 98.8 Å². The summed E-state index contributed by atoms with van der Waals surface area (Å²) in [4.78, 5) is 2.58. The zero-order valence-corrected chi connectivity index (χ0v) is 10.7. The van der Waals surface area contributed by atoms with Crippen LogP contribution >= 0.6 is 0 Å². The molecule has 0 aromatic rings. The SMILES string of the molecule is CC1C2CNCC2CN1CCC(C)(C)C#N. The first-order chi connectivity index (χ1) is 7.53. The fraction of sp³-hybridized carbons (Fsp3) is 0.923.